The summed E-state index contributed by atoms with van der Waals surface area (Å²) in [6, 6.07) is 12.1. The predicted octanol–water partition coefficient (Wildman–Crippen LogP) is 5.61. The van der Waals surface area contributed by atoms with Gasteiger partial charge in [-0.05, 0) is 42.5 Å². The van der Waals surface area contributed by atoms with Gasteiger partial charge in [-0.2, -0.15) is 0 Å². The van der Waals surface area contributed by atoms with E-state index < -0.39 is 6.04 Å². The fraction of sp³-hybridized carbons (Fsp3) is 0.440. The highest BCUT2D eigenvalue weighted by atomic mass is 35.5. The van der Waals surface area contributed by atoms with Crippen molar-refractivity contribution in [3.8, 4) is 5.75 Å². The first-order chi connectivity index (χ1) is 15.1. The smallest absolute Gasteiger partial charge is 0.261 e. The molecule has 0 heterocycles. The molecule has 0 aliphatic heterocycles. The number of ether oxygens (including phenoxy) is 1. The van der Waals surface area contributed by atoms with Crippen molar-refractivity contribution in [2.75, 3.05) is 13.2 Å². The molecule has 2 aromatic carbocycles. The predicted molar refractivity (Wildman–Crippen MR) is 130 cm³/mol. The van der Waals surface area contributed by atoms with Crippen LogP contribution in [0.3, 0.4) is 0 Å². The summed E-state index contributed by atoms with van der Waals surface area (Å²) < 4.78 is 5.93. The minimum atomic E-state index is -0.720. The first-order valence-electron chi connectivity index (χ1n) is 10.8. The van der Waals surface area contributed by atoms with Crippen LogP contribution in [0.5, 0.6) is 5.75 Å². The Morgan fingerprint density at radius 1 is 1.06 bits per heavy atom. The number of carbonyl (C=O) groups is 2. The lowest BCUT2D eigenvalue weighted by Gasteiger charge is -2.30. The van der Waals surface area contributed by atoms with Crippen LogP contribution in [0.1, 0.15) is 52.2 Å². The first kappa shape index (κ1) is 26.0. The molecule has 1 atom stereocenters. The van der Waals surface area contributed by atoms with Crippen LogP contribution in [0.2, 0.25) is 10.0 Å². The Kier molecular flexibility index (Phi) is 9.41. The maximum atomic E-state index is 13.3. The molecule has 0 saturated heterocycles. The maximum Gasteiger partial charge on any atom is 0.261 e. The second-order valence-corrected chi connectivity index (χ2v) is 9.54. The van der Waals surface area contributed by atoms with Gasteiger partial charge in [0, 0.05) is 28.7 Å². The number of benzene rings is 2. The van der Waals surface area contributed by atoms with E-state index >= 15 is 0 Å². The molecule has 5 nitrogen and oxygen atoms in total. The molecule has 174 valence electrons. The first-order valence-corrected chi connectivity index (χ1v) is 11.5. The fourth-order valence-corrected chi connectivity index (χ4v) is 3.78. The number of nitrogens with one attached hydrogen (secondary N) is 1. The number of halogens is 2. The van der Waals surface area contributed by atoms with E-state index in [4.69, 9.17) is 27.9 Å². The Balaban J connectivity index is 2.27. The van der Waals surface area contributed by atoms with E-state index in [0.717, 1.165) is 12.0 Å². The zero-order valence-corrected chi connectivity index (χ0v) is 20.9. The number of rotatable bonds is 9. The van der Waals surface area contributed by atoms with Gasteiger partial charge in [0.05, 0.1) is 0 Å². The minimum Gasteiger partial charge on any atom is -0.483 e. The number of carbonyl (C=O) groups excluding carboxylic acids is 2. The van der Waals surface area contributed by atoms with Crippen molar-refractivity contribution in [1.82, 2.24) is 10.2 Å². The molecular weight excluding hydrogens is 447 g/mol. The monoisotopic (exact) mass is 478 g/mol. The molecule has 2 aromatic rings. The summed E-state index contributed by atoms with van der Waals surface area (Å²) in [5, 5.41) is 3.73. The van der Waals surface area contributed by atoms with Crippen molar-refractivity contribution in [3.05, 3.63) is 63.6 Å². The lowest BCUT2D eigenvalue weighted by molar-refractivity contribution is -0.142. The van der Waals surface area contributed by atoms with Crippen LogP contribution in [0.15, 0.2) is 42.5 Å². The molecule has 2 rings (SSSR count). The molecule has 0 unspecified atom stereocenters. The summed E-state index contributed by atoms with van der Waals surface area (Å²) >= 11 is 12.7. The number of hydrogen-bond acceptors (Lipinski definition) is 3. The normalized spacial score (nSPS) is 12.2. The lowest BCUT2D eigenvalue weighted by Crippen LogP contribution is -2.49. The van der Waals surface area contributed by atoms with Crippen LogP contribution in [-0.2, 0) is 21.5 Å². The van der Waals surface area contributed by atoms with Crippen LogP contribution in [0, 0.1) is 0 Å². The quantitative estimate of drug-likeness (QED) is 0.509. The molecule has 32 heavy (non-hydrogen) atoms. The second kappa shape index (κ2) is 11.6. The molecule has 2 amide bonds. The van der Waals surface area contributed by atoms with Crippen LogP contribution >= 0.6 is 23.2 Å². The van der Waals surface area contributed by atoms with Crippen molar-refractivity contribution >= 4 is 35.0 Å². The van der Waals surface area contributed by atoms with Gasteiger partial charge in [-0.3, -0.25) is 9.59 Å². The van der Waals surface area contributed by atoms with Crippen LogP contribution in [0.4, 0.5) is 0 Å². The SMILES string of the molecule is CCCNC(=O)[C@H](C)N(Cc1c(Cl)cccc1Cl)C(=O)COc1ccccc1C(C)(C)C. The van der Waals surface area contributed by atoms with Crippen molar-refractivity contribution in [2.24, 2.45) is 0 Å². The third kappa shape index (κ3) is 6.88. The van der Waals surface area contributed by atoms with Crippen LogP contribution in [-0.4, -0.2) is 35.9 Å². The van der Waals surface area contributed by atoms with Gasteiger partial charge < -0.3 is 15.0 Å². The number of hydrogen-bond donors (Lipinski definition) is 1. The number of nitrogens with zero attached hydrogens (tertiary/aromatic N) is 1. The van der Waals surface area contributed by atoms with E-state index in [1.54, 1.807) is 25.1 Å². The molecule has 7 heteroatoms. The Morgan fingerprint density at radius 2 is 1.69 bits per heavy atom. The van der Waals surface area contributed by atoms with Gasteiger partial charge in [0.15, 0.2) is 6.61 Å². The third-order valence-corrected chi connectivity index (χ3v) is 5.86. The van der Waals surface area contributed by atoms with Gasteiger partial charge in [0.1, 0.15) is 11.8 Å². The highest BCUT2D eigenvalue weighted by molar-refractivity contribution is 6.36. The highest BCUT2D eigenvalue weighted by Crippen LogP contribution is 2.31. The van der Waals surface area contributed by atoms with E-state index in [1.165, 1.54) is 4.90 Å². The topological polar surface area (TPSA) is 58.6 Å². The van der Waals surface area contributed by atoms with E-state index in [1.807, 2.05) is 31.2 Å². The van der Waals surface area contributed by atoms with Gasteiger partial charge in [0.25, 0.3) is 5.91 Å². The summed E-state index contributed by atoms with van der Waals surface area (Å²) in [6.07, 6.45) is 0.801. The lowest BCUT2D eigenvalue weighted by atomic mass is 9.86. The molecule has 0 aliphatic carbocycles. The van der Waals surface area contributed by atoms with E-state index in [0.29, 0.717) is 27.9 Å². The summed E-state index contributed by atoms with van der Waals surface area (Å²) in [7, 11) is 0. The van der Waals surface area contributed by atoms with Crippen molar-refractivity contribution in [2.45, 2.75) is 59.0 Å². The van der Waals surface area contributed by atoms with Gasteiger partial charge in [0.2, 0.25) is 5.91 Å². The Bertz CT molecular complexity index is 921. The van der Waals surface area contributed by atoms with E-state index in [-0.39, 0.29) is 30.4 Å². The largest absolute Gasteiger partial charge is 0.483 e. The molecule has 0 aliphatic rings. The third-order valence-electron chi connectivity index (χ3n) is 5.15. The van der Waals surface area contributed by atoms with Crippen molar-refractivity contribution in [1.29, 1.82) is 0 Å². The molecule has 0 spiro atoms. The summed E-state index contributed by atoms with van der Waals surface area (Å²) in [4.78, 5) is 27.4. The molecule has 1 N–H and O–H groups in total. The summed E-state index contributed by atoms with van der Waals surface area (Å²) in [6.45, 7) is 10.3. The zero-order valence-electron chi connectivity index (χ0n) is 19.4. The van der Waals surface area contributed by atoms with Crippen molar-refractivity contribution < 1.29 is 14.3 Å². The van der Waals surface area contributed by atoms with Gasteiger partial charge >= 0.3 is 0 Å². The zero-order chi connectivity index (χ0) is 23.9. The van der Waals surface area contributed by atoms with Crippen molar-refractivity contribution in [3.63, 3.8) is 0 Å². The van der Waals surface area contributed by atoms with Crippen LogP contribution < -0.4 is 10.1 Å². The van der Waals surface area contributed by atoms with Crippen LogP contribution in [0.25, 0.3) is 0 Å². The highest BCUT2D eigenvalue weighted by Gasteiger charge is 2.28. The molecular formula is C25H32Cl2N2O3. The minimum absolute atomic E-state index is 0.0995. The summed E-state index contributed by atoms with van der Waals surface area (Å²) in [5.74, 6) is 0.0782. The van der Waals surface area contributed by atoms with Gasteiger partial charge in [-0.25, -0.2) is 0 Å². The van der Waals surface area contributed by atoms with Gasteiger partial charge in [-0.15, -0.1) is 0 Å². The number of amides is 2. The Labute approximate surface area is 201 Å². The Morgan fingerprint density at radius 3 is 2.28 bits per heavy atom. The van der Waals surface area contributed by atoms with Gasteiger partial charge in [-0.1, -0.05) is 75.2 Å². The standard InChI is InChI=1S/C25H32Cl2N2O3/c1-6-14-28-24(31)17(2)29(15-18-20(26)11-9-12-21(18)27)23(30)16-32-22-13-8-7-10-19(22)25(3,4)5/h7-13,17H,6,14-16H2,1-5H3,(H,28,31)/t17-/m0/s1. The molecule has 0 aromatic heterocycles. The Hall–Kier alpha value is -2.24. The molecule has 0 radical (unpaired) electrons. The number of para-hydroxylation sites is 1. The average molecular weight is 479 g/mol. The van der Waals surface area contributed by atoms with E-state index in [9.17, 15) is 9.59 Å². The fourth-order valence-electron chi connectivity index (χ4n) is 3.27. The second-order valence-electron chi connectivity index (χ2n) is 8.72. The average Bonchev–Trinajstić information content (AvgIpc) is 2.74. The summed E-state index contributed by atoms with van der Waals surface area (Å²) in [5.41, 5.74) is 1.45. The van der Waals surface area contributed by atoms with E-state index in [2.05, 4.69) is 26.1 Å². The molecule has 0 fully saturated rings. The maximum absolute atomic E-state index is 13.3. The molecule has 0 bridgehead atoms. The molecule has 0 saturated carbocycles.